The van der Waals surface area contributed by atoms with Crippen LogP contribution in [0.5, 0.6) is 0 Å². The number of nitrogens with zero attached hydrogens (tertiary/aromatic N) is 2. The number of amides is 2. The molecule has 4 nitrogen and oxygen atoms in total. The minimum atomic E-state index is -0.526. The molecular weight excluding hydrogens is 259 g/mol. The Morgan fingerprint density at radius 3 is 2.50 bits per heavy atom. The van der Waals surface area contributed by atoms with Crippen LogP contribution >= 0.6 is 0 Å². The lowest BCUT2D eigenvalue weighted by atomic mass is 9.95. The van der Waals surface area contributed by atoms with Crippen LogP contribution in [0.4, 0.5) is 10.1 Å². The SMILES string of the molecule is CC1C(=O)N2CCCCC2C(=O)N1c1ccc(F)cc1. The highest BCUT2D eigenvalue weighted by Gasteiger charge is 2.45. The maximum atomic E-state index is 13.0. The lowest BCUT2D eigenvalue weighted by molar-refractivity contribution is -0.147. The van der Waals surface area contributed by atoms with Crippen molar-refractivity contribution in [2.45, 2.75) is 38.3 Å². The Kier molecular flexibility index (Phi) is 3.20. The van der Waals surface area contributed by atoms with Crippen LogP contribution in [-0.4, -0.2) is 35.3 Å². The molecule has 2 unspecified atom stereocenters. The summed E-state index contributed by atoms with van der Waals surface area (Å²) in [4.78, 5) is 28.3. The standard InChI is InChI=1S/C15H17FN2O2/c1-10-14(19)17-9-3-2-4-13(17)15(20)18(10)12-7-5-11(16)6-8-12/h5-8,10,13H,2-4,9H2,1H3. The van der Waals surface area contributed by atoms with Crippen molar-refractivity contribution < 1.29 is 14.0 Å². The molecule has 3 rings (SSSR count). The van der Waals surface area contributed by atoms with Gasteiger partial charge in [-0.1, -0.05) is 0 Å². The van der Waals surface area contributed by atoms with Crippen LogP contribution < -0.4 is 4.90 Å². The molecule has 0 saturated carbocycles. The number of hydrogen-bond acceptors (Lipinski definition) is 2. The van der Waals surface area contributed by atoms with Crippen LogP contribution in [-0.2, 0) is 9.59 Å². The molecule has 2 amide bonds. The van der Waals surface area contributed by atoms with E-state index in [1.54, 1.807) is 24.0 Å². The number of piperidine rings is 1. The first-order chi connectivity index (χ1) is 9.59. The third-order valence-corrected chi connectivity index (χ3v) is 4.16. The summed E-state index contributed by atoms with van der Waals surface area (Å²) in [5, 5.41) is 0. The van der Waals surface area contributed by atoms with E-state index in [1.165, 1.54) is 17.0 Å². The lowest BCUT2D eigenvalue weighted by Crippen LogP contribution is -2.65. The van der Waals surface area contributed by atoms with Gasteiger partial charge >= 0.3 is 0 Å². The van der Waals surface area contributed by atoms with Gasteiger partial charge in [0.1, 0.15) is 17.9 Å². The lowest BCUT2D eigenvalue weighted by Gasteiger charge is -2.46. The van der Waals surface area contributed by atoms with Crippen molar-refractivity contribution in [3.8, 4) is 0 Å². The van der Waals surface area contributed by atoms with E-state index in [-0.39, 0.29) is 23.7 Å². The van der Waals surface area contributed by atoms with Crippen LogP contribution in [0.15, 0.2) is 24.3 Å². The fourth-order valence-corrected chi connectivity index (χ4v) is 3.11. The predicted molar refractivity (Wildman–Crippen MR) is 72.7 cm³/mol. The zero-order valence-corrected chi connectivity index (χ0v) is 11.4. The average Bonchev–Trinajstić information content (AvgIpc) is 2.47. The van der Waals surface area contributed by atoms with Gasteiger partial charge in [-0.25, -0.2) is 4.39 Å². The molecule has 1 aromatic carbocycles. The van der Waals surface area contributed by atoms with Crippen LogP contribution in [0.1, 0.15) is 26.2 Å². The maximum absolute atomic E-state index is 13.0. The molecule has 2 fully saturated rings. The van der Waals surface area contributed by atoms with Crippen LogP contribution in [0.25, 0.3) is 0 Å². The molecule has 0 bridgehead atoms. The summed E-state index contributed by atoms with van der Waals surface area (Å²) in [6, 6.07) is 4.85. The number of benzene rings is 1. The second-order valence-electron chi connectivity index (χ2n) is 5.40. The first-order valence-corrected chi connectivity index (χ1v) is 6.98. The summed E-state index contributed by atoms with van der Waals surface area (Å²) in [7, 11) is 0. The molecule has 0 radical (unpaired) electrons. The van der Waals surface area contributed by atoms with E-state index in [0.717, 1.165) is 19.3 Å². The molecule has 0 spiro atoms. The van der Waals surface area contributed by atoms with Crippen molar-refractivity contribution in [3.05, 3.63) is 30.1 Å². The molecule has 2 heterocycles. The normalized spacial score (nSPS) is 26.7. The van der Waals surface area contributed by atoms with Crippen molar-refractivity contribution in [1.82, 2.24) is 4.90 Å². The minimum Gasteiger partial charge on any atom is -0.329 e. The zero-order chi connectivity index (χ0) is 14.3. The van der Waals surface area contributed by atoms with Gasteiger partial charge in [-0.05, 0) is 50.5 Å². The van der Waals surface area contributed by atoms with Crippen molar-refractivity contribution in [1.29, 1.82) is 0 Å². The van der Waals surface area contributed by atoms with Gasteiger partial charge in [0.2, 0.25) is 5.91 Å². The topological polar surface area (TPSA) is 40.6 Å². The summed E-state index contributed by atoms with van der Waals surface area (Å²) < 4.78 is 13.0. The first kappa shape index (κ1) is 13.1. The Morgan fingerprint density at radius 1 is 1.10 bits per heavy atom. The molecule has 2 aliphatic rings. The molecule has 2 aliphatic heterocycles. The summed E-state index contributed by atoms with van der Waals surface area (Å²) in [5.74, 6) is -0.418. The third kappa shape index (κ3) is 1.97. The van der Waals surface area contributed by atoms with Gasteiger partial charge in [0.05, 0.1) is 0 Å². The molecular formula is C15H17FN2O2. The fraction of sp³-hybridized carbons (Fsp3) is 0.467. The number of fused-ring (bicyclic) bond motifs is 1. The zero-order valence-electron chi connectivity index (χ0n) is 11.4. The highest BCUT2D eigenvalue weighted by Crippen LogP contribution is 2.30. The molecule has 20 heavy (non-hydrogen) atoms. The Hall–Kier alpha value is -1.91. The van der Waals surface area contributed by atoms with Crippen LogP contribution in [0, 0.1) is 5.82 Å². The second-order valence-corrected chi connectivity index (χ2v) is 5.40. The van der Waals surface area contributed by atoms with Gasteiger partial charge in [-0.3, -0.25) is 14.5 Å². The van der Waals surface area contributed by atoms with Gasteiger partial charge in [-0.15, -0.1) is 0 Å². The molecule has 5 heteroatoms. The molecule has 2 atom stereocenters. The van der Waals surface area contributed by atoms with E-state index >= 15 is 0 Å². The number of hydrogen-bond donors (Lipinski definition) is 0. The van der Waals surface area contributed by atoms with Gasteiger partial charge in [0.15, 0.2) is 0 Å². The van der Waals surface area contributed by atoms with E-state index in [9.17, 15) is 14.0 Å². The first-order valence-electron chi connectivity index (χ1n) is 6.98. The predicted octanol–water partition coefficient (Wildman–Crippen LogP) is 1.94. The number of halogens is 1. The quantitative estimate of drug-likeness (QED) is 0.786. The second kappa shape index (κ2) is 4.89. The number of carbonyl (C=O) groups is 2. The van der Waals surface area contributed by atoms with Gasteiger partial charge in [0.25, 0.3) is 5.91 Å². The van der Waals surface area contributed by atoms with Gasteiger partial charge in [0, 0.05) is 12.2 Å². The van der Waals surface area contributed by atoms with Gasteiger partial charge in [-0.2, -0.15) is 0 Å². The van der Waals surface area contributed by atoms with Crippen molar-refractivity contribution in [3.63, 3.8) is 0 Å². The summed E-state index contributed by atoms with van der Waals surface area (Å²) in [6.45, 7) is 2.39. The Bertz CT molecular complexity index is 543. The molecule has 0 aliphatic carbocycles. The molecule has 2 saturated heterocycles. The molecule has 1 aromatic rings. The van der Waals surface area contributed by atoms with E-state index in [0.29, 0.717) is 12.2 Å². The largest absolute Gasteiger partial charge is 0.329 e. The Morgan fingerprint density at radius 2 is 1.80 bits per heavy atom. The van der Waals surface area contributed by atoms with E-state index in [4.69, 9.17) is 0 Å². The molecule has 0 aromatic heterocycles. The van der Waals surface area contributed by atoms with Crippen molar-refractivity contribution in [2.24, 2.45) is 0 Å². The van der Waals surface area contributed by atoms with E-state index in [2.05, 4.69) is 0 Å². The highest BCUT2D eigenvalue weighted by molar-refractivity contribution is 6.08. The summed E-state index contributed by atoms with van der Waals surface area (Å²) >= 11 is 0. The monoisotopic (exact) mass is 276 g/mol. The fourth-order valence-electron chi connectivity index (χ4n) is 3.11. The van der Waals surface area contributed by atoms with Crippen molar-refractivity contribution >= 4 is 17.5 Å². The van der Waals surface area contributed by atoms with E-state index in [1.807, 2.05) is 0 Å². The highest BCUT2D eigenvalue weighted by atomic mass is 19.1. The maximum Gasteiger partial charge on any atom is 0.250 e. The average molecular weight is 276 g/mol. The minimum absolute atomic E-state index is 0.0152. The Balaban J connectivity index is 1.96. The smallest absolute Gasteiger partial charge is 0.250 e. The Labute approximate surface area is 117 Å². The van der Waals surface area contributed by atoms with Crippen molar-refractivity contribution in [2.75, 3.05) is 11.4 Å². The van der Waals surface area contributed by atoms with E-state index < -0.39 is 6.04 Å². The third-order valence-electron chi connectivity index (χ3n) is 4.16. The van der Waals surface area contributed by atoms with Crippen LogP contribution in [0.2, 0.25) is 0 Å². The molecule has 0 N–H and O–H groups in total. The summed E-state index contributed by atoms with van der Waals surface area (Å²) in [5.41, 5.74) is 0.586. The molecule has 106 valence electrons. The number of rotatable bonds is 1. The number of carbonyl (C=O) groups excluding carboxylic acids is 2. The van der Waals surface area contributed by atoms with Crippen LogP contribution in [0.3, 0.4) is 0 Å². The van der Waals surface area contributed by atoms with Gasteiger partial charge < -0.3 is 4.90 Å². The number of anilines is 1. The number of piperazine rings is 1. The summed E-state index contributed by atoms with van der Waals surface area (Å²) in [6.07, 6.45) is 2.64.